The summed E-state index contributed by atoms with van der Waals surface area (Å²) in [4.78, 5) is 12.3. The highest BCUT2D eigenvalue weighted by Crippen LogP contribution is 1.96. The molecule has 0 aliphatic heterocycles. The maximum Gasteiger partial charge on any atom is 0.283 e. The number of carbonyl (C=O) groups is 1. The van der Waals surface area contributed by atoms with E-state index in [9.17, 15) is 4.79 Å². The van der Waals surface area contributed by atoms with Crippen LogP contribution in [-0.2, 0) is 0 Å². The molecule has 2 nitrogen and oxygen atoms in total. The molecule has 8 heavy (non-hydrogen) atoms. The Morgan fingerprint density at radius 1 is 1.50 bits per heavy atom. The van der Waals surface area contributed by atoms with Crippen molar-refractivity contribution in [2.24, 2.45) is 0 Å². The van der Waals surface area contributed by atoms with E-state index < -0.39 is 0 Å². The zero-order valence-electron chi connectivity index (χ0n) is 5.15. The minimum atomic E-state index is 0.132. The Morgan fingerprint density at radius 2 is 1.88 bits per heavy atom. The fraction of sp³-hybridized carbons (Fsp3) is 0.800. The average molecular weight is 227 g/mol. The predicted octanol–water partition coefficient (Wildman–Crippen LogP) is 1.88. The monoisotopic (exact) mass is 227 g/mol. The van der Waals surface area contributed by atoms with E-state index in [0.29, 0.717) is 0 Å². The van der Waals surface area contributed by atoms with Gasteiger partial charge in [-0.15, -0.1) is 0 Å². The van der Waals surface area contributed by atoms with Gasteiger partial charge in [-0.05, 0) is 13.8 Å². The Kier molecular flexibility index (Phi) is 4.22. The second kappa shape index (κ2) is 4.12. The minimum Gasteiger partial charge on any atom is -0.335 e. The molecule has 0 saturated heterocycles. The van der Waals surface area contributed by atoms with Crippen LogP contribution in [0, 0.1) is 0 Å². The normalized spacial score (nSPS) is 8.88. The standard InChI is InChI=1S/C5H10INO/c1-3-7(4-2)5(6)8/h3-4H2,1-2H3. The minimum absolute atomic E-state index is 0.132. The fourth-order valence-electron chi connectivity index (χ4n) is 0.472. The van der Waals surface area contributed by atoms with E-state index in [-0.39, 0.29) is 3.91 Å². The third-order valence-electron chi connectivity index (χ3n) is 1.01. The molecule has 0 heterocycles. The van der Waals surface area contributed by atoms with Crippen molar-refractivity contribution in [2.45, 2.75) is 13.8 Å². The van der Waals surface area contributed by atoms with Crippen molar-refractivity contribution < 1.29 is 4.79 Å². The van der Waals surface area contributed by atoms with E-state index in [1.54, 1.807) is 27.5 Å². The lowest BCUT2D eigenvalue weighted by Crippen LogP contribution is -2.24. The number of rotatable bonds is 2. The number of hydrogen-bond donors (Lipinski definition) is 0. The van der Waals surface area contributed by atoms with Gasteiger partial charge in [-0.3, -0.25) is 4.79 Å². The molecule has 3 heteroatoms. The van der Waals surface area contributed by atoms with Crippen molar-refractivity contribution in [1.29, 1.82) is 0 Å². The van der Waals surface area contributed by atoms with Crippen LogP contribution >= 0.6 is 22.6 Å². The topological polar surface area (TPSA) is 20.3 Å². The Labute approximate surface area is 63.4 Å². The molecular formula is C5H10INO. The first-order chi connectivity index (χ1) is 3.72. The third-order valence-corrected chi connectivity index (χ3v) is 1.69. The molecule has 0 rings (SSSR count). The highest BCUT2D eigenvalue weighted by Gasteiger charge is 2.01. The van der Waals surface area contributed by atoms with E-state index in [0.717, 1.165) is 13.1 Å². The number of hydrogen-bond acceptors (Lipinski definition) is 1. The van der Waals surface area contributed by atoms with Crippen LogP contribution in [0.15, 0.2) is 0 Å². The van der Waals surface area contributed by atoms with Gasteiger partial charge >= 0.3 is 0 Å². The van der Waals surface area contributed by atoms with Crippen molar-refractivity contribution in [1.82, 2.24) is 4.90 Å². The maximum absolute atomic E-state index is 10.5. The summed E-state index contributed by atoms with van der Waals surface area (Å²) in [6.45, 7) is 5.58. The number of nitrogens with zero attached hydrogens (tertiary/aromatic N) is 1. The molecule has 0 radical (unpaired) electrons. The summed E-state index contributed by atoms with van der Waals surface area (Å²) in [5, 5.41) is 0. The van der Waals surface area contributed by atoms with Gasteiger partial charge in [0.2, 0.25) is 0 Å². The van der Waals surface area contributed by atoms with Gasteiger partial charge in [0.1, 0.15) is 0 Å². The van der Waals surface area contributed by atoms with Gasteiger partial charge in [-0.1, -0.05) is 0 Å². The zero-order chi connectivity index (χ0) is 6.57. The Morgan fingerprint density at radius 3 is 1.88 bits per heavy atom. The molecule has 0 aromatic rings. The molecule has 0 atom stereocenters. The summed E-state index contributed by atoms with van der Waals surface area (Å²) in [6, 6.07) is 0. The van der Waals surface area contributed by atoms with Gasteiger partial charge < -0.3 is 4.90 Å². The van der Waals surface area contributed by atoms with E-state index in [4.69, 9.17) is 0 Å². The zero-order valence-corrected chi connectivity index (χ0v) is 7.31. The Bertz CT molecular complexity index is 80.5. The van der Waals surface area contributed by atoms with Crippen molar-refractivity contribution in [2.75, 3.05) is 13.1 Å². The van der Waals surface area contributed by atoms with E-state index in [2.05, 4.69) is 0 Å². The van der Waals surface area contributed by atoms with Crippen LogP contribution < -0.4 is 0 Å². The quantitative estimate of drug-likeness (QED) is 0.400. The summed E-state index contributed by atoms with van der Waals surface area (Å²) < 4.78 is 0.132. The lowest BCUT2D eigenvalue weighted by atomic mass is 10.6. The van der Waals surface area contributed by atoms with Crippen LogP contribution in [0.2, 0.25) is 0 Å². The summed E-state index contributed by atoms with van der Waals surface area (Å²) in [5.41, 5.74) is 0. The highest BCUT2D eigenvalue weighted by atomic mass is 127. The van der Waals surface area contributed by atoms with Gasteiger partial charge in [-0.2, -0.15) is 0 Å². The smallest absolute Gasteiger partial charge is 0.283 e. The first-order valence-corrected chi connectivity index (χ1v) is 3.74. The lowest BCUT2D eigenvalue weighted by molar-refractivity contribution is 0.231. The van der Waals surface area contributed by atoms with Crippen molar-refractivity contribution in [3.05, 3.63) is 0 Å². The van der Waals surface area contributed by atoms with Gasteiger partial charge in [-0.25, -0.2) is 0 Å². The van der Waals surface area contributed by atoms with Gasteiger partial charge in [0.25, 0.3) is 3.91 Å². The Hall–Kier alpha value is 0.200. The molecule has 1 amide bonds. The molecule has 0 aromatic heterocycles. The second-order valence-electron chi connectivity index (χ2n) is 1.43. The summed E-state index contributed by atoms with van der Waals surface area (Å²) in [6.07, 6.45) is 0. The molecule has 0 N–H and O–H groups in total. The molecule has 0 aliphatic rings. The van der Waals surface area contributed by atoms with Crippen LogP contribution in [0.1, 0.15) is 13.8 Å². The first-order valence-electron chi connectivity index (χ1n) is 2.66. The number of halogens is 1. The molecule has 0 bridgehead atoms. The fourth-order valence-corrected chi connectivity index (χ4v) is 1.15. The maximum atomic E-state index is 10.5. The predicted molar refractivity (Wildman–Crippen MR) is 42.3 cm³/mol. The lowest BCUT2D eigenvalue weighted by Gasteiger charge is -2.13. The molecule has 0 aromatic carbocycles. The van der Waals surface area contributed by atoms with E-state index in [1.807, 2.05) is 13.8 Å². The molecule has 0 aliphatic carbocycles. The van der Waals surface area contributed by atoms with E-state index >= 15 is 0 Å². The summed E-state index contributed by atoms with van der Waals surface area (Å²) in [7, 11) is 0. The molecule has 48 valence electrons. The molecule has 0 fully saturated rings. The van der Waals surface area contributed by atoms with Gasteiger partial charge in [0.05, 0.1) is 0 Å². The van der Waals surface area contributed by atoms with Crippen LogP contribution in [-0.4, -0.2) is 21.9 Å². The van der Waals surface area contributed by atoms with Crippen molar-refractivity contribution >= 4 is 26.5 Å². The largest absolute Gasteiger partial charge is 0.335 e. The van der Waals surface area contributed by atoms with Gasteiger partial charge in [0, 0.05) is 35.7 Å². The SMILES string of the molecule is CCN(CC)C(=O)I. The average Bonchev–Trinajstić information content (AvgIpc) is 1.69. The molecule has 0 saturated carbocycles. The van der Waals surface area contributed by atoms with Crippen molar-refractivity contribution in [3.8, 4) is 0 Å². The molecule has 0 unspecified atom stereocenters. The van der Waals surface area contributed by atoms with Crippen LogP contribution in [0.5, 0.6) is 0 Å². The third kappa shape index (κ3) is 2.49. The highest BCUT2D eigenvalue weighted by molar-refractivity contribution is 14.1. The molecule has 0 spiro atoms. The Balaban J connectivity index is 3.52. The summed E-state index contributed by atoms with van der Waals surface area (Å²) >= 11 is 1.79. The van der Waals surface area contributed by atoms with E-state index in [1.165, 1.54) is 0 Å². The van der Waals surface area contributed by atoms with Crippen LogP contribution in [0.25, 0.3) is 0 Å². The van der Waals surface area contributed by atoms with Crippen LogP contribution in [0.4, 0.5) is 4.79 Å². The summed E-state index contributed by atoms with van der Waals surface area (Å²) in [5.74, 6) is 0. The number of carbonyl (C=O) groups excluding carboxylic acids is 1. The molecular weight excluding hydrogens is 217 g/mol. The van der Waals surface area contributed by atoms with Gasteiger partial charge in [0.15, 0.2) is 0 Å². The number of amides is 1. The van der Waals surface area contributed by atoms with Crippen LogP contribution in [0.3, 0.4) is 0 Å². The first kappa shape index (κ1) is 8.20. The second-order valence-corrected chi connectivity index (χ2v) is 2.35. The van der Waals surface area contributed by atoms with Crippen molar-refractivity contribution in [3.63, 3.8) is 0 Å².